The average molecular weight is 322 g/mol. The van der Waals surface area contributed by atoms with E-state index in [9.17, 15) is 19.2 Å². The minimum Gasteiger partial charge on any atom is -0.342 e. The molecular formula is C15H22N4O4. The average Bonchev–Trinajstić information content (AvgIpc) is 2.57. The van der Waals surface area contributed by atoms with Crippen molar-refractivity contribution in [3.63, 3.8) is 0 Å². The molecule has 23 heavy (non-hydrogen) atoms. The zero-order chi connectivity index (χ0) is 17.1. The van der Waals surface area contributed by atoms with Crippen LogP contribution in [0.2, 0.25) is 0 Å². The zero-order valence-corrected chi connectivity index (χ0v) is 13.7. The minimum atomic E-state index is -0.543. The Morgan fingerprint density at radius 3 is 2.65 bits per heavy atom. The van der Waals surface area contributed by atoms with E-state index in [0.717, 1.165) is 11.0 Å². The van der Waals surface area contributed by atoms with Gasteiger partial charge in [0.1, 0.15) is 5.69 Å². The van der Waals surface area contributed by atoms with Crippen LogP contribution in [0, 0.1) is 5.92 Å². The summed E-state index contributed by atoms with van der Waals surface area (Å²) in [4.78, 5) is 49.6. The van der Waals surface area contributed by atoms with Gasteiger partial charge < -0.3 is 14.8 Å². The second-order valence-electron chi connectivity index (χ2n) is 5.82. The maximum atomic E-state index is 12.4. The third-order valence-electron chi connectivity index (χ3n) is 4.15. The summed E-state index contributed by atoms with van der Waals surface area (Å²) in [6.45, 7) is 2.82. The van der Waals surface area contributed by atoms with Gasteiger partial charge in [-0.05, 0) is 12.8 Å². The van der Waals surface area contributed by atoms with E-state index in [4.69, 9.17) is 0 Å². The lowest BCUT2D eigenvalue weighted by molar-refractivity contribution is -0.134. The van der Waals surface area contributed by atoms with Crippen molar-refractivity contribution >= 4 is 17.5 Å². The van der Waals surface area contributed by atoms with E-state index >= 15 is 0 Å². The molecule has 0 aromatic carbocycles. The summed E-state index contributed by atoms with van der Waals surface area (Å²) in [5, 5.41) is 2.60. The van der Waals surface area contributed by atoms with Gasteiger partial charge in [-0.25, -0.2) is 4.79 Å². The number of likely N-dealkylation sites (tertiary alicyclic amines) is 1. The Hall–Kier alpha value is -2.38. The predicted molar refractivity (Wildman–Crippen MR) is 85.1 cm³/mol. The summed E-state index contributed by atoms with van der Waals surface area (Å²) in [5.41, 5.74) is -0.928. The molecule has 1 unspecified atom stereocenters. The quantitative estimate of drug-likeness (QED) is 0.825. The number of aromatic nitrogens is 2. The number of amides is 2. The van der Waals surface area contributed by atoms with Crippen LogP contribution < -0.4 is 16.6 Å². The first kappa shape index (κ1) is 17.0. The molecule has 1 atom stereocenters. The number of nitrogens with one attached hydrogen (secondary N) is 1. The van der Waals surface area contributed by atoms with Crippen molar-refractivity contribution in [2.24, 2.45) is 20.0 Å². The summed E-state index contributed by atoms with van der Waals surface area (Å²) in [7, 11) is 2.88. The lowest BCUT2D eigenvalue weighted by Gasteiger charge is -2.31. The van der Waals surface area contributed by atoms with Crippen LogP contribution in [0.1, 0.15) is 26.2 Å². The minimum absolute atomic E-state index is 0.0283. The molecule has 1 saturated heterocycles. The van der Waals surface area contributed by atoms with Gasteiger partial charge in [0.2, 0.25) is 11.8 Å². The molecule has 1 fully saturated rings. The monoisotopic (exact) mass is 322 g/mol. The van der Waals surface area contributed by atoms with Crippen molar-refractivity contribution in [2.75, 3.05) is 18.4 Å². The van der Waals surface area contributed by atoms with Crippen LogP contribution >= 0.6 is 0 Å². The summed E-state index contributed by atoms with van der Waals surface area (Å²) in [6.07, 6.45) is 3.16. The second-order valence-corrected chi connectivity index (χ2v) is 5.82. The smallest absolute Gasteiger partial charge is 0.330 e. The van der Waals surface area contributed by atoms with Crippen LogP contribution in [0.25, 0.3) is 0 Å². The van der Waals surface area contributed by atoms with Gasteiger partial charge in [-0.2, -0.15) is 0 Å². The number of rotatable bonds is 3. The first-order chi connectivity index (χ1) is 10.8. The summed E-state index contributed by atoms with van der Waals surface area (Å²) in [6, 6.07) is 0. The third-order valence-corrected chi connectivity index (χ3v) is 4.15. The second kappa shape index (κ2) is 6.80. The Balaban J connectivity index is 2.15. The summed E-state index contributed by atoms with van der Waals surface area (Å²) >= 11 is 0. The molecule has 2 amide bonds. The number of carbonyl (C=O) groups excluding carboxylic acids is 2. The van der Waals surface area contributed by atoms with E-state index in [1.54, 1.807) is 11.8 Å². The summed E-state index contributed by atoms with van der Waals surface area (Å²) < 4.78 is 2.19. The number of hydrogen-bond donors (Lipinski definition) is 1. The molecular weight excluding hydrogens is 300 g/mol. The van der Waals surface area contributed by atoms with Gasteiger partial charge in [0.05, 0.1) is 5.92 Å². The largest absolute Gasteiger partial charge is 0.342 e. The topological polar surface area (TPSA) is 93.4 Å². The van der Waals surface area contributed by atoms with Crippen LogP contribution in [0.4, 0.5) is 5.69 Å². The lowest BCUT2D eigenvalue weighted by Crippen LogP contribution is -2.44. The third kappa shape index (κ3) is 3.52. The standard InChI is InChI=1S/C15H22N4O4/c1-4-12(20)19-7-5-6-10(8-19)13(21)16-11-9-17(2)15(23)18(3)14(11)22/h9-10H,4-8H2,1-3H3,(H,16,21). The maximum absolute atomic E-state index is 12.4. The first-order valence-electron chi connectivity index (χ1n) is 7.70. The van der Waals surface area contributed by atoms with E-state index in [1.807, 2.05) is 0 Å². The molecule has 0 bridgehead atoms. The molecule has 2 heterocycles. The predicted octanol–water partition coefficient (Wildman–Crippen LogP) is -0.329. The fourth-order valence-electron chi connectivity index (χ4n) is 2.77. The summed E-state index contributed by atoms with van der Waals surface area (Å²) in [5.74, 6) is -0.615. The van der Waals surface area contributed by atoms with Gasteiger partial charge in [-0.3, -0.25) is 19.0 Å². The van der Waals surface area contributed by atoms with Crippen molar-refractivity contribution < 1.29 is 9.59 Å². The molecule has 126 valence electrons. The molecule has 1 aromatic heterocycles. The van der Waals surface area contributed by atoms with Gasteiger partial charge in [0, 0.05) is 39.8 Å². The fourth-order valence-corrected chi connectivity index (χ4v) is 2.77. The Bertz CT molecular complexity index is 734. The molecule has 1 aromatic rings. The first-order valence-corrected chi connectivity index (χ1v) is 7.70. The van der Waals surface area contributed by atoms with Crippen LogP contribution in [0.15, 0.2) is 15.8 Å². The highest BCUT2D eigenvalue weighted by molar-refractivity contribution is 5.92. The Morgan fingerprint density at radius 1 is 1.30 bits per heavy atom. The van der Waals surface area contributed by atoms with Crippen molar-refractivity contribution in [3.05, 3.63) is 27.0 Å². The van der Waals surface area contributed by atoms with E-state index in [0.29, 0.717) is 25.9 Å². The molecule has 8 heteroatoms. The number of piperidine rings is 1. The van der Waals surface area contributed by atoms with E-state index < -0.39 is 11.2 Å². The fraction of sp³-hybridized carbons (Fsp3) is 0.600. The molecule has 1 aliphatic heterocycles. The SMILES string of the molecule is CCC(=O)N1CCCC(C(=O)Nc2cn(C)c(=O)n(C)c2=O)C1. The highest BCUT2D eigenvalue weighted by atomic mass is 16.2. The van der Waals surface area contributed by atoms with Crippen molar-refractivity contribution in [1.29, 1.82) is 0 Å². The molecule has 8 nitrogen and oxygen atoms in total. The van der Waals surface area contributed by atoms with Gasteiger partial charge in [-0.15, -0.1) is 0 Å². The lowest BCUT2D eigenvalue weighted by atomic mass is 9.97. The van der Waals surface area contributed by atoms with Crippen molar-refractivity contribution in [1.82, 2.24) is 14.0 Å². The normalized spacial score (nSPS) is 17.9. The molecule has 0 aliphatic carbocycles. The van der Waals surface area contributed by atoms with Gasteiger partial charge in [-0.1, -0.05) is 6.92 Å². The van der Waals surface area contributed by atoms with Crippen LogP contribution in [0.5, 0.6) is 0 Å². The van der Waals surface area contributed by atoms with E-state index in [2.05, 4.69) is 5.32 Å². The van der Waals surface area contributed by atoms with Gasteiger partial charge in [0.15, 0.2) is 0 Å². The van der Waals surface area contributed by atoms with Crippen molar-refractivity contribution in [2.45, 2.75) is 26.2 Å². The number of carbonyl (C=O) groups is 2. The van der Waals surface area contributed by atoms with Crippen LogP contribution in [0.3, 0.4) is 0 Å². The maximum Gasteiger partial charge on any atom is 0.330 e. The number of anilines is 1. The van der Waals surface area contributed by atoms with Crippen LogP contribution in [-0.4, -0.2) is 38.9 Å². The van der Waals surface area contributed by atoms with Crippen LogP contribution in [-0.2, 0) is 23.7 Å². The molecule has 0 saturated carbocycles. The highest BCUT2D eigenvalue weighted by Gasteiger charge is 2.28. The van der Waals surface area contributed by atoms with Crippen molar-refractivity contribution in [3.8, 4) is 0 Å². The zero-order valence-electron chi connectivity index (χ0n) is 13.7. The number of aryl methyl sites for hydroxylation is 1. The molecule has 2 rings (SSSR count). The van der Waals surface area contributed by atoms with Gasteiger partial charge in [0.25, 0.3) is 5.56 Å². The molecule has 0 radical (unpaired) electrons. The number of hydrogen-bond acceptors (Lipinski definition) is 4. The molecule has 1 aliphatic rings. The van der Waals surface area contributed by atoms with E-state index in [1.165, 1.54) is 24.9 Å². The molecule has 0 spiro atoms. The Labute approximate surface area is 133 Å². The molecule has 1 N–H and O–H groups in total. The Kier molecular flexibility index (Phi) is 5.02. The van der Waals surface area contributed by atoms with E-state index in [-0.39, 0.29) is 23.4 Å². The Morgan fingerprint density at radius 2 is 2.00 bits per heavy atom. The highest BCUT2D eigenvalue weighted by Crippen LogP contribution is 2.18. The number of nitrogens with zero attached hydrogens (tertiary/aromatic N) is 3. The van der Waals surface area contributed by atoms with Gasteiger partial charge >= 0.3 is 5.69 Å².